The third-order valence-corrected chi connectivity index (χ3v) is 1.53. The van der Waals surface area contributed by atoms with Gasteiger partial charge in [-0.25, -0.2) is 0 Å². The molecule has 0 amide bonds. The van der Waals surface area contributed by atoms with Crippen molar-refractivity contribution in [1.82, 2.24) is 0 Å². The molecule has 0 aliphatic rings. The average Bonchev–Trinajstić information content (AvgIpc) is 1.87. The van der Waals surface area contributed by atoms with Crippen LogP contribution in [0.1, 0.15) is 33.6 Å². The molecule has 0 saturated heterocycles. The Morgan fingerprint density at radius 3 is 2.30 bits per heavy atom. The van der Waals surface area contributed by atoms with Crippen molar-refractivity contribution in [1.29, 1.82) is 0 Å². The van der Waals surface area contributed by atoms with Gasteiger partial charge in [0.2, 0.25) is 0 Å². The third kappa shape index (κ3) is 2.97. The Bertz CT molecular complexity index is 110. The summed E-state index contributed by atoms with van der Waals surface area (Å²) in [5.74, 6) is 0.267. The van der Waals surface area contributed by atoms with Gasteiger partial charge >= 0.3 is 0 Å². The van der Waals surface area contributed by atoms with Crippen molar-refractivity contribution in [3.8, 4) is 0 Å². The predicted octanol–water partition coefficient (Wildman–Crippen LogP) is 1.34. The molecule has 0 saturated carbocycles. The van der Waals surface area contributed by atoms with Crippen molar-refractivity contribution in [2.24, 2.45) is 11.7 Å². The van der Waals surface area contributed by atoms with Crippen molar-refractivity contribution < 1.29 is 4.79 Å². The number of hydrogen-bond acceptors (Lipinski definition) is 2. The van der Waals surface area contributed by atoms with E-state index in [1.807, 2.05) is 20.8 Å². The summed E-state index contributed by atoms with van der Waals surface area (Å²) in [7, 11) is 0. The summed E-state index contributed by atoms with van der Waals surface area (Å²) in [6.45, 7) is 5.81. The monoisotopic (exact) mass is 143 g/mol. The number of carbonyl (C=O) groups is 1. The fourth-order valence-corrected chi connectivity index (χ4v) is 0.881. The molecule has 0 aromatic heterocycles. The standard InChI is InChI=1S/C8H17NO/c1-4-5-7(9)8(10)6(2)3/h6-7H,4-5,9H2,1-3H3. The number of rotatable bonds is 4. The number of hydrogen-bond donors (Lipinski definition) is 1. The third-order valence-electron chi connectivity index (χ3n) is 1.53. The molecule has 0 aromatic carbocycles. The second kappa shape index (κ2) is 4.45. The van der Waals surface area contributed by atoms with Gasteiger partial charge in [0.25, 0.3) is 0 Å². The summed E-state index contributed by atoms with van der Waals surface area (Å²) in [5, 5.41) is 0. The van der Waals surface area contributed by atoms with Crippen LogP contribution in [0.25, 0.3) is 0 Å². The molecule has 0 fully saturated rings. The maximum absolute atomic E-state index is 11.1. The lowest BCUT2D eigenvalue weighted by Crippen LogP contribution is -2.33. The fourth-order valence-electron chi connectivity index (χ4n) is 0.881. The van der Waals surface area contributed by atoms with Gasteiger partial charge in [0.1, 0.15) is 0 Å². The average molecular weight is 143 g/mol. The van der Waals surface area contributed by atoms with Gasteiger partial charge in [-0.2, -0.15) is 0 Å². The van der Waals surface area contributed by atoms with E-state index in [0.29, 0.717) is 0 Å². The minimum Gasteiger partial charge on any atom is -0.321 e. The van der Waals surface area contributed by atoms with Crippen molar-refractivity contribution in [3.05, 3.63) is 0 Å². The predicted molar refractivity (Wildman–Crippen MR) is 42.7 cm³/mol. The molecule has 2 nitrogen and oxygen atoms in total. The second-order valence-electron chi connectivity index (χ2n) is 2.95. The number of carbonyl (C=O) groups excluding carboxylic acids is 1. The van der Waals surface area contributed by atoms with E-state index in [1.54, 1.807) is 0 Å². The van der Waals surface area contributed by atoms with E-state index in [2.05, 4.69) is 0 Å². The van der Waals surface area contributed by atoms with Crippen molar-refractivity contribution in [2.45, 2.75) is 39.7 Å². The van der Waals surface area contributed by atoms with Crippen LogP contribution < -0.4 is 5.73 Å². The zero-order valence-corrected chi connectivity index (χ0v) is 7.05. The topological polar surface area (TPSA) is 43.1 Å². The molecule has 2 heteroatoms. The number of ketones is 1. The summed E-state index contributed by atoms with van der Waals surface area (Å²) < 4.78 is 0. The highest BCUT2D eigenvalue weighted by molar-refractivity contribution is 5.85. The van der Waals surface area contributed by atoms with E-state index in [-0.39, 0.29) is 17.7 Å². The summed E-state index contributed by atoms with van der Waals surface area (Å²) in [5.41, 5.74) is 5.58. The number of Topliss-reactive ketones (excluding diaryl/α,β-unsaturated/α-hetero) is 1. The molecule has 2 N–H and O–H groups in total. The van der Waals surface area contributed by atoms with Gasteiger partial charge in [-0.1, -0.05) is 27.2 Å². The minimum atomic E-state index is -0.231. The normalized spacial score (nSPS) is 13.7. The van der Waals surface area contributed by atoms with Crippen LogP contribution in [-0.2, 0) is 4.79 Å². The molecule has 0 aliphatic heterocycles. The van der Waals surface area contributed by atoms with Crippen LogP contribution in [0.4, 0.5) is 0 Å². The van der Waals surface area contributed by atoms with E-state index in [0.717, 1.165) is 12.8 Å². The second-order valence-corrected chi connectivity index (χ2v) is 2.95. The largest absolute Gasteiger partial charge is 0.321 e. The first-order valence-electron chi connectivity index (χ1n) is 3.88. The van der Waals surface area contributed by atoms with Gasteiger partial charge in [-0.15, -0.1) is 0 Å². The molecule has 0 rings (SSSR count). The van der Waals surface area contributed by atoms with Crippen LogP contribution in [-0.4, -0.2) is 11.8 Å². The Morgan fingerprint density at radius 1 is 1.50 bits per heavy atom. The minimum absolute atomic E-state index is 0.0848. The lowest BCUT2D eigenvalue weighted by molar-refractivity contribution is -0.123. The van der Waals surface area contributed by atoms with E-state index in [4.69, 9.17) is 5.73 Å². The fraction of sp³-hybridized carbons (Fsp3) is 0.875. The first-order valence-corrected chi connectivity index (χ1v) is 3.88. The molecule has 0 radical (unpaired) electrons. The molecule has 1 unspecified atom stereocenters. The van der Waals surface area contributed by atoms with Gasteiger partial charge in [0.05, 0.1) is 6.04 Å². The zero-order valence-electron chi connectivity index (χ0n) is 7.05. The lowest BCUT2D eigenvalue weighted by atomic mass is 9.99. The highest BCUT2D eigenvalue weighted by atomic mass is 16.1. The Labute approximate surface area is 62.8 Å². The zero-order chi connectivity index (χ0) is 8.15. The summed E-state index contributed by atoms with van der Waals surface area (Å²) >= 11 is 0. The van der Waals surface area contributed by atoms with Crippen molar-refractivity contribution in [3.63, 3.8) is 0 Å². The number of nitrogens with two attached hydrogens (primary N) is 1. The molecule has 10 heavy (non-hydrogen) atoms. The Morgan fingerprint density at radius 2 is 2.00 bits per heavy atom. The van der Waals surface area contributed by atoms with Crippen LogP contribution in [0.3, 0.4) is 0 Å². The highest BCUT2D eigenvalue weighted by Crippen LogP contribution is 2.02. The molecule has 60 valence electrons. The first-order chi connectivity index (χ1) is 4.59. The highest BCUT2D eigenvalue weighted by Gasteiger charge is 2.14. The van der Waals surface area contributed by atoms with Crippen molar-refractivity contribution >= 4 is 5.78 Å². The van der Waals surface area contributed by atoms with E-state index < -0.39 is 0 Å². The maximum Gasteiger partial charge on any atom is 0.152 e. The molecule has 0 spiro atoms. The lowest BCUT2D eigenvalue weighted by Gasteiger charge is -2.10. The van der Waals surface area contributed by atoms with E-state index in [1.165, 1.54) is 0 Å². The molecule has 0 heterocycles. The SMILES string of the molecule is CCCC(N)C(=O)C(C)C. The van der Waals surface area contributed by atoms with Crippen LogP contribution in [0.15, 0.2) is 0 Å². The molecule has 1 atom stereocenters. The first kappa shape index (κ1) is 9.63. The quantitative estimate of drug-likeness (QED) is 0.645. The van der Waals surface area contributed by atoms with Gasteiger partial charge in [-0.05, 0) is 6.42 Å². The van der Waals surface area contributed by atoms with Crippen LogP contribution in [0, 0.1) is 5.92 Å². The van der Waals surface area contributed by atoms with Gasteiger partial charge in [0, 0.05) is 5.92 Å². The van der Waals surface area contributed by atoms with Crippen LogP contribution in [0.2, 0.25) is 0 Å². The summed E-state index contributed by atoms with van der Waals surface area (Å²) in [6, 6.07) is -0.231. The molecular formula is C8H17NO. The van der Waals surface area contributed by atoms with E-state index in [9.17, 15) is 4.79 Å². The molecule has 0 bridgehead atoms. The van der Waals surface area contributed by atoms with Crippen LogP contribution >= 0.6 is 0 Å². The Balaban J connectivity index is 3.71. The van der Waals surface area contributed by atoms with E-state index >= 15 is 0 Å². The van der Waals surface area contributed by atoms with Crippen LogP contribution in [0.5, 0.6) is 0 Å². The molecular weight excluding hydrogens is 126 g/mol. The molecule has 0 aromatic rings. The molecule has 0 aliphatic carbocycles. The van der Waals surface area contributed by atoms with Gasteiger partial charge < -0.3 is 5.73 Å². The maximum atomic E-state index is 11.1. The Hall–Kier alpha value is -0.370. The van der Waals surface area contributed by atoms with Gasteiger partial charge in [-0.3, -0.25) is 4.79 Å². The Kier molecular flexibility index (Phi) is 4.28. The smallest absolute Gasteiger partial charge is 0.152 e. The van der Waals surface area contributed by atoms with Gasteiger partial charge in [0.15, 0.2) is 5.78 Å². The summed E-state index contributed by atoms with van der Waals surface area (Å²) in [6.07, 6.45) is 1.80. The summed E-state index contributed by atoms with van der Waals surface area (Å²) in [4.78, 5) is 11.1. The van der Waals surface area contributed by atoms with Crippen molar-refractivity contribution in [2.75, 3.05) is 0 Å².